The topological polar surface area (TPSA) is 28.2 Å². The summed E-state index contributed by atoms with van der Waals surface area (Å²) in [5.41, 5.74) is 1.48. The number of hydrogen-bond donors (Lipinski definition) is 1. The second-order valence-corrected chi connectivity index (χ2v) is 7.48. The Morgan fingerprint density at radius 2 is 1.95 bits per heavy atom. The summed E-state index contributed by atoms with van der Waals surface area (Å²) in [6.45, 7) is 12.2. The fourth-order valence-corrected chi connectivity index (χ4v) is 3.43. The smallest absolute Gasteiger partial charge is 0.185 e. The van der Waals surface area contributed by atoms with E-state index in [2.05, 4.69) is 37.9 Å². The zero-order valence-corrected chi connectivity index (χ0v) is 13.6. The summed E-state index contributed by atoms with van der Waals surface area (Å²) < 4.78 is 0. The van der Waals surface area contributed by atoms with Crippen molar-refractivity contribution in [3.8, 4) is 0 Å². The molecule has 1 aromatic rings. The van der Waals surface area contributed by atoms with Gasteiger partial charge < -0.3 is 10.2 Å². The van der Waals surface area contributed by atoms with E-state index in [9.17, 15) is 0 Å². The van der Waals surface area contributed by atoms with Gasteiger partial charge in [0.2, 0.25) is 0 Å². The first-order chi connectivity index (χ1) is 8.99. The van der Waals surface area contributed by atoms with Crippen molar-refractivity contribution in [3.05, 3.63) is 10.6 Å². The minimum absolute atomic E-state index is 0.168. The normalized spacial score (nSPS) is 16.3. The molecular weight excluding hydrogens is 254 g/mol. The van der Waals surface area contributed by atoms with Crippen LogP contribution >= 0.6 is 11.3 Å². The van der Waals surface area contributed by atoms with Crippen LogP contribution in [-0.2, 0) is 13.0 Å². The van der Waals surface area contributed by atoms with Crippen LogP contribution in [0.15, 0.2) is 0 Å². The van der Waals surface area contributed by atoms with Crippen molar-refractivity contribution < 1.29 is 0 Å². The highest BCUT2D eigenvalue weighted by Crippen LogP contribution is 2.30. The maximum absolute atomic E-state index is 4.89. The molecule has 3 nitrogen and oxygen atoms in total. The summed E-state index contributed by atoms with van der Waals surface area (Å²) >= 11 is 1.89. The van der Waals surface area contributed by atoms with Gasteiger partial charge in [-0.15, -0.1) is 11.3 Å². The van der Waals surface area contributed by atoms with Gasteiger partial charge in [-0.1, -0.05) is 13.3 Å². The van der Waals surface area contributed by atoms with Gasteiger partial charge in [0.1, 0.15) is 0 Å². The Morgan fingerprint density at radius 3 is 2.53 bits per heavy atom. The molecule has 2 heterocycles. The van der Waals surface area contributed by atoms with Crippen molar-refractivity contribution >= 4 is 16.5 Å². The summed E-state index contributed by atoms with van der Waals surface area (Å²) in [5.74, 6) is 0. The Balaban J connectivity index is 2.10. The number of thiazole rings is 1. The van der Waals surface area contributed by atoms with Crippen LogP contribution in [0.2, 0.25) is 0 Å². The van der Waals surface area contributed by atoms with Crippen molar-refractivity contribution in [1.82, 2.24) is 10.3 Å². The predicted molar refractivity (Wildman–Crippen MR) is 84.1 cm³/mol. The molecule has 0 atom stereocenters. The van der Waals surface area contributed by atoms with Crippen LogP contribution in [0.5, 0.6) is 0 Å². The van der Waals surface area contributed by atoms with Crippen LogP contribution in [0.25, 0.3) is 0 Å². The molecule has 0 unspecified atom stereocenters. The summed E-state index contributed by atoms with van der Waals surface area (Å²) in [6.07, 6.45) is 4.91. The third kappa shape index (κ3) is 4.18. The van der Waals surface area contributed by atoms with E-state index < -0.39 is 0 Å². The third-order valence-corrected chi connectivity index (χ3v) is 4.57. The minimum atomic E-state index is 0.168. The van der Waals surface area contributed by atoms with Crippen LogP contribution in [0, 0.1) is 0 Å². The molecule has 19 heavy (non-hydrogen) atoms. The van der Waals surface area contributed by atoms with Gasteiger partial charge in [-0.3, -0.25) is 0 Å². The molecule has 0 saturated carbocycles. The van der Waals surface area contributed by atoms with Crippen molar-refractivity contribution in [2.45, 2.75) is 65.5 Å². The van der Waals surface area contributed by atoms with E-state index in [0.717, 1.165) is 13.0 Å². The van der Waals surface area contributed by atoms with Gasteiger partial charge >= 0.3 is 0 Å². The van der Waals surface area contributed by atoms with Gasteiger partial charge in [-0.25, -0.2) is 4.98 Å². The molecule has 0 aromatic carbocycles. The van der Waals surface area contributed by atoms with E-state index in [-0.39, 0.29) is 5.54 Å². The number of anilines is 1. The first-order valence-corrected chi connectivity index (χ1v) is 8.30. The van der Waals surface area contributed by atoms with Crippen molar-refractivity contribution in [2.24, 2.45) is 0 Å². The molecule has 1 aliphatic rings. The summed E-state index contributed by atoms with van der Waals surface area (Å²) in [7, 11) is 0. The number of aryl methyl sites for hydroxylation is 1. The molecule has 0 radical (unpaired) electrons. The van der Waals surface area contributed by atoms with E-state index in [1.54, 1.807) is 0 Å². The molecular formula is C15H27N3S. The molecule has 0 aliphatic carbocycles. The van der Waals surface area contributed by atoms with Gasteiger partial charge in [0, 0.05) is 30.1 Å². The maximum atomic E-state index is 4.89. The summed E-state index contributed by atoms with van der Waals surface area (Å²) in [6, 6.07) is 0. The zero-order chi connectivity index (χ0) is 13.9. The molecule has 0 spiro atoms. The maximum Gasteiger partial charge on any atom is 0.185 e. The largest absolute Gasteiger partial charge is 0.348 e. The highest BCUT2D eigenvalue weighted by molar-refractivity contribution is 7.15. The summed E-state index contributed by atoms with van der Waals surface area (Å²) in [5, 5.41) is 4.84. The highest BCUT2D eigenvalue weighted by Gasteiger charge is 2.19. The zero-order valence-electron chi connectivity index (χ0n) is 12.8. The molecule has 4 heteroatoms. The average molecular weight is 281 g/mol. The lowest BCUT2D eigenvalue weighted by molar-refractivity contribution is 0.425. The van der Waals surface area contributed by atoms with Crippen LogP contribution in [-0.4, -0.2) is 23.6 Å². The third-order valence-electron chi connectivity index (χ3n) is 3.41. The van der Waals surface area contributed by atoms with Crippen LogP contribution in [0.3, 0.4) is 0 Å². The molecule has 108 valence electrons. The Kier molecular flexibility index (Phi) is 4.85. The molecule has 1 fully saturated rings. The van der Waals surface area contributed by atoms with E-state index in [0.29, 0.717) is 0 Å². The molecule has 0 amide bonds. The standard InChI is InChI=1S/C15H27N3S/c1-5-8-12-13(11-16-15(2,3)4)19-14(17-12)18-9-6-7-10-18/h16H,5-11H2,1-4H3. The number of aromatic nitrogens is 1. The lowest BCUT2D eigenvalue weighted by atomic mass is 10.1. The number of hydrogen-bond acceptors (Lipinski definition) is 4. The van der Waals surface area contributed by atoms with Gasteiger partial charge in [0.05, 0.1) is 5.69 Å². The highest BCUT2D eigenvalue weighted by atomic mass is 32.1. The molecule has 2 rings (SSSR count). The first kappa shape index (κ1) is 14.8. The van der Waals surface area contributed by atoms with Crippen molar-refractivity contribution in [3.63, 3.8) is 0 Å². The van der Waals surface area contributed by atoms with Gasteiger partial charge in [-0.2, -0.15) is 0 Å². The SMILES string of the molecule is CCCc1nc(N2CCCC2)sc1CNC(C)(C)C. The fraction of sp³-hybridized carbons (Fsp3) is 0.800. The summed E-state index contributed by atoms with van der Waals surface area (Å²) in [4.78, 5) is 8.77. The van der Waals surface area contributed by atoms with Gasteiger partial charge in [-0.05, 0) is 40.0 Å². The Morgan fingerprint density at radius 1 is 1.26 bits per heavy atom. The predicted octanol–water partition coefficient (Wildman–Crippen LogP) is 3.58. The average Bonchev–Trinajstić information content (AvgIpc) is 2.94. The van der Waals surface area contributed by atoms with Crippen LogP contribution in [0.4, 0.5) is 5.13 Å². The second-order valence-electron chi connectivity index (χ2n) is 6.41. The van der Waals surface area contributed by atoms with Crippen molar-refractivity contribution in [2.75, 3.05) is 18.0 Å². The second kappa shape index (κ2) is 6.23. The lowest BCUT2D eigenvalue weighted by Crippen LogP contribution is -2.35. The van der Waals surface area contributed by atoms with E-state index in [1.807, 2.05) is 11.3 Å². The number of nitrogens with one attached hydrogen (secondary N) is 1. The molecule has 0 bridgehead atoms. The van der Waals surface area contributed by atoms with Gasteiger partial charge in [0.25, 0.3) is 0 Å². The lowest BCUT2D eigenvalue weighted by Gasteiger charge is -2.20. The van der Waals surface area contributed by atoms with Gasteiger partial charge in [0.15, 0.2) is 5.13 Å². The van der Waals surface area contributed by atoms with E-state index in [4.69, 9.17) is 4.98 Å². The quantitative estimate of drug-likeness (QED) is 0.894. The number of rotatable bonds is 5. The minimum Gasteiger partial charge on any atom is -0.348 e. The van der Waals surface area contributed by atoms with Crippen LogP contribution < -0.4 is 10.2 Å². The molecule has 1 aliphatic heterocycles. The molecule has 1 aromatic heterocycles. The Hall–Kier alpha value is -0.610. The Bertz CT molecular complexity index is 400. The van der Waals surface area contributed by atoms with E-state index in [1.165, 1.54) is 48.1 Å². The Labute approximate surface area is 121 Å². The molecule has 1 N–H and O–H groups in total. The van der Waals surface area contributed by atoms with E-state index >= 15 is 0 Å². The molecule has 1 saturated heterocycles. The monoisotopic (exact) mass is 281 g/mol. The van der Waals surface area contributed by atoms with Crippen molar-refractivity contribution in [1.29, 1.82) is 0 Å². The fourth-order valence-electron chi connectivity index (χ4n) is 2.33. The first-order valence-electron chi connectivity index (χ1n) is 7.48. The van der Waals surface area contributed by atoms with Crippen LogP contribution in [0.1, 0.15) is 57.5 Å². The number of nitrogens with zero attached hydrogens (tertiary/aromatic N) is 2.